The maximum Gasteiger partial charge on any atom is 0.226 e. The first-order chi connectivity index (χ1) is 11.9. The van der Waals surface area contributed by atoms with E-state index in [9.17, 15) is 9.59 Å². The monoisotopic (exact) mass is 378 g/mol. The maximum atomic E-state index is 12.2. The molecule has 0 fully saturated rings. The third-order valence-electron chi connectivity index (χ3n) is 3.88. The first-order valence-corrected chi connectivity index (χ1v) is 8.67. The number of rotatable bonds is 6. The van der Waals surface area contributed by atoms with E-state index in [0.29, 0.717) is 28.8 Å². The molecule has 2 rings (SSSR count). The molecule has 0 atom stereocenters. The van der Waals surface area contributed by atoms with Gasteiger partial charge in [-0.3, -0.25) is 9.59 Å². The van der Waals surface area contributed by atoms with Gasteiger partial charge in [-0.25, -0.2) is 0 Å². The van der Waals surface area contributed by atoms with Gasteiger partial charge in [0.05, 0.1) is 10.7 Å². The standard InChI is InChI=1S/C19H20Cl2N2O2/c1-13-5-3-4-6-15(13)12-23(14(2)24)10-9-19(25)22-18-8-7-16(20)11-17(18)21/h3-8,11H,9-10,12H2,1-2H3,(H,22,25). The van der Waals surface area contributed by atoms with E-state index in [2.05, 4.69) is 5.32 Å². The minimum atomic E-state index is -0.208. The van der Waals surface area contributed by atoms with Gasteiger partial charge >= 0.3 is 0 Å². The van der Waals surface area contributed by atoms with Crippen molar-refractivity contribution in [2.24, 2.45) is 0 Å². The van der Waals surface area contributed by atoms with Crippen LogP contribution in [0.2, 0.25) is 10.0 Å². The molecule has 0 saturated carbocycles. The molecule has 2 amide bonds. The number of anilines is 1. The molecule has 132 valence electrons. The normalized spacial score (nSPS) is 10.4. The van der Waals surface area contributed by atoms with E-state index in [0.717, 1.165) is 11.1 Å². The second kappa shape index (κ2) is 8.88. The Morgan fingerprint density at radius 2 is 1.84 bits per heavy atom. The number of hydrogen-bond donors (Lipinski definition) is 1. The number of nitrogens with zero attached hydrogens (tertiary/aromatic N) is 1. The summed E-state index contributed by atoms with van der Waals surface area (Å²) in [6.45, 7) is 4.33. The van der Waals surface area contributed by atoms with Crippen LogP contribution in [0.3, 0.4) is 0 Å². The number of amides is 2. The van der Waals surface area contributed by atoms with Crippen LogP contribution in [-0.2, 0) is 16.1 Å². The highest BCUT2D eigenvalue weighted by Gasteiger charge is 2.13. The van der Waals surface area contributed by atoms with Crippen LogP contribution in [0.5, 0.6) is 0 Å². The van der Waals surface area contributed by atoms with Gasteiger partial charge in [-0.1, -0.05) is 47.5 Å². The number of aryl methyl sites for hydroxylation is 1. The number of nitrogens with one attached hydrogen (secondary N) is 1. The van der Waals surface area contributed by atoms with Crippen molar-refractivity contribution in [2.75, 3.05) is 11.9 Å². The van der Waals surface area contributed by atoms with Crippen LogP contribution in [0.15, 0.2) is 42.5 Å². The minimum Gasteiger partial charge on any atom is -0.338 e. The van der Waals surface area contributed by atoms with E-state index in [-0.39, 0.29) is 18.2 Å². The molecule has 6 heteroatoms. The molecule has 0 heterocycles. The fourth-order valence-electron chi connectivity index (χ4n) is 2.38. The molecule has 1 N–H and O–H groups in total. The number of halogens is 2. The van der Waals surface area contributed by atoms with Crippen LogP contribution in [0, 0.1) is 6.92 Å². The van der Waals surface area contributed by atoms with Crippen molar-refractivity contribution in [1.82, 2.24) is 4.90 Å². The topological polar surface area (TPSA) is 49.4 Å². The molecule has 0 unspecified atom stereocenters. The molecule has 0 aliphatic heterocycles. The third kappa shape index (κ3) is 5.76. The average molecular weight is 379 g/mol. The first-order valence-electron chi connectivity index (χ1n) is 7.91. The summed E-state index contributed by atoms with van der Waals surface area (Å²) in [6.07, 6.45) is 0.185. The fourth-order valence-corrected chi connectivity index (χ4v) is 2.84. The van der Waals surface area contributed by atoms with Crippen molar-refractivity contribution in [1.29, 1.82) is 0 Å². The summed E-state index contributed by atoms with van der Waals surface area (Å²) in [7, 11) is 0. The Hall–Kier alpha value is -2.04. The summed E-state index contributed by atoms with van der Waals surface area (Å²) >= 11 is 11.9. The van der Waals surface area contributed by atoms with Crippen molar-refractivity contribution < 1.29 is 9.59 Å². The third-order valence-corrected chi connectivity index (χ3v) is 4.43. The second-order valence-electron chi connectivity index (χ2n) is 5.79. The summed E-state index contributed by atoms with van der Waals surface area (Å²) in [4.78, 5) is 25.7. The summed E-state index contributed by atoms with van der Waals surface area (Å²) in [5.41, 5.74) is 2.69. The highest BCUT2D eigenvalue weighted by molar-refractivity contribution is 6.36. The molecule has 25 heavy (non-hydrogen) atoms. The number of hydrogen-bond acceptors (Lipinski definition) is 2. The van der Waals surface area contributed by atoms with Gasteiger partial charge in [0, 0.05) is 31.5 Å². The molecular formula is C19H20Cl2N2O2. The largest absolute Gasteiger partial charge is 0.338 e. The first kappa shape index (κ1) is 19.3. The Kier molecular flexibility index (Phi) is 6.85. The summed E-state index contributed by atoms with van der Waals surface area (Å²) in [5, 5.41) is 3.62. The number of carbonyl (C=O) groups excluding carboxylic acids is 2. The van der Waals surface area contributed by atoms with Crippen LogP contribution in [0.1, 0.15) is 24.5 Å². The quantitative estimate of drug-likeness (QED) is 0.792. The summed E-state index contributed by atoms with van der Waals surface area (Å²) in [6, 6.07) is 12.8. The SMILES string of the molecule is CC(=O)N(CCC(=O)Nc1ccc(Cl)cc1Cl)Cc1ccccc1C. The fraction of sp³-hybridized carbons (Fsp3) is 0.263. The van der Waals surface area contributed by atoms with Crippen LogP contribution < -0.4 is 5.32 Å². The van der Waals surface area contributed by atoms with Gasteiger partial charge in [0.2, 0.25) is 11.8 Å². The Labute approximate surface area is 157 Å². The van der Waals surface area contributed by atoms with Crippen LogP contribution in [0.4, 0.5) is 5.69 Å². The summed E-state index contributed by atoms with van der Waals surface area (Å²) in [5.74, 6) is -0.277. The highest BCUT2D eigenvalue weighted by atomic mass is 35.5. The van der Waals surface area contributed by atoms with E-state index >= 15 is 0 Å². The van der Waals surface area contributed by atoms with Gasteiger partial charge in [0.1, 0.15) is 0 Å². The van der Waals surface area contributed by atoms with Crippen molar-refractivity contribution >= 4 is 40.7 Å². The van der Waals surface area contributed by atoms with Gasteiger partial charge in [0.15, 0.2) is 0 Å². The van der Waals surface area contributed by atoms with Crippen molar-refractivity contribution in [3.8, 4) is 0 Å². The smallest absolute Gasteiger partial charge is 0.226 e. The molecule has 2 aromatic rings. The lowest BCUT2D eigenvalue weighted by Gasteiger charge is -2.22. The van der Waals surface area contributed by atoms with Crippen LogP contribution in [0.25, 0.3) is 0 Å². The van der Waals surface area contributed by atoms with E-state index < -0.39 is 0 Å². The van der Waals surface area contributed by atoms with Crippen LogP contribution in [-0.4, -0.2) is 23.3 Å². The van der Waals surface area contributed by atoms with Gasteiger partial charge in [-0.05, 0) is 36.2 Å². The van der Waals surface area contributed by atoms with E-state index in [4.69, 9.17) is 23.2 Å². The number of benzene rings is 2. The zero-order valence-electron chi connectivity index (χ0n) is 14.2. The molecule has 0 aliphatic carbocycles. The molecule has 2 aromatic carbocycles. The van der Waals surface area contributed by atoms with E-state index in [1.165, 1.54) is 6.92 Å². The molecule has 0 radical (unpaired) electrons. The van der Waals surface area contributed by atoms with Crippen LogP contribution >= 0.6 is 23.2 Å². The molecule has 0 bridgehead atoms. The maximum absolute atomic E-state index is 12.2. The number of carbonyl (C=O) groups is 2. The Balaban J connectivity index is 1.95. The lowest BCUT2D eigenvalue weighted by Crippen LogP contribution is -2.31. The van der Waals surface area contributed by atoms with Gasteiger partial charge in [-0.2, -0.15) is 0 Å². The molecular weight excluding hydrogens is 359 g/mol. The highest BCUT2D eigenvalue weighted by Crippen LogP contribution is 2.25. The predicted molar refractivity (Wildman–Crippen MR) is 102 cm³/mol. The molecule has 0 saturated heterocycles. The average Bonchev–Trinajstić information content (AvgIpc) is 2.55. The Morgan fingerprint density at radius 3 is 2.48 bits per heavy atom. The van der Waals surface area contributed by atoms with Gasteiger partial charge in [-0.15, -0.1) is 0 Å². The lowest BCUT2D eigenvalue weighted by atomic mass is 10.1. The van der Waals surface area contributed by atoms with Gasteiger partial charge < -0.3 is 10.2 Å². The van der Waals surface area contributed by atoms with E-state index in [1.54, 1.807) is 23.1 Å². The zero-order chi connectivity index (χ0) is 18.4. The van der Waals surface area contributed by atoms with Gasteiger partial charge in [0.25, 0.3) is 0 Å². The predicted octanol–water partition coefficient (Wildman–Crippen LogP) is 4.68. The lowest BCUT2D eigenvalue weighted by molar-refractivity contribution is -0.129. The molecule has 0 aliphatic rings. The molecule has 4 nitrogen and oxygen atoms in total. The minimum absolute atomic E-state index is 0.0689. The molecule has 0 spiro atoms. The van der Waals surface area contributed by atoms with Crippen molar-refractivity contribution in [3.63, 3.8) is 0 Å². The Bertz CT molecular complexity index is 778. The van der Waals surface area contributed by atoms with Crippen molar-refractivity contribution in [2.45, 2.75) is 26.8 Å². The van der Waals surface area contributed by atoms with Crippen molar-refractivity contribution in [3.05, 3.63) is 63.6 Å². The summed E-state index contributed by atoms with van der Waals surface area (Å²) < 4.78 is 0. The zero-order valence-corrected chi connectivity index (χ0v) is 15.7. The van der Waals surface area contributed by atoms with E-state index in [1.807, 2.05) is 31.2 Å². The molecule has 0 aromatic heterocycles. The second-order valence-corrected chi connectivity index (χ2v) is 6.63. The Morgan fingerprint density at radius 1 is 1.12 bits per heavy atom.